The monoisotopic (exact) mass is 380 g/mol. The molecular formula is C20H24N6O2. The molecule has 2 N–H and O–H groups in total. The lowest BCUT2D eigenvalue weighted by Gasteiger charge is -2.36. The molecule has 1 aliphatic rings. The van der Waals surface area contributed by atoms with Gasteiger partial charge in [-0.3, -0.25) is 24.4 Å². The molecule has 8 heteroatoms. The van der Waals surface area contributed by atoms with Crippen molar-refractivity contribution in [1.29, 1.82) is 0 Å². The van der Waals surface area contributed by atoms with E-state index in [1.807, 2.05) is 37.1 Å². The molecular weight excluding hydrogens is 356 g/mol. The number of carbonyl (C=O) groups is 1. The smallest absolute Gasteiger partial charge is 0.273 e. The van der Waals surface area contributed by atoms with E-state index in [1.165, 1.54) is 0 Å². The van der Waals surface area contributed by atoms with Crippen LogP contribution in [0, 0.1) is 13.8 Å². The molecule has 146 valence electrons. The van der Waals surface area contributed by atoms with Crippen LogP contribution >= 0.6 is 0 Å². The number of hydrogen-bond donors (Lipinski definition) is 2. The third-order valence-electron chi connectivity index (χ3n) is 5.54. The van der Waals surface area contributed by atoms with Gasteiger partial charge in [-0.1, -0.05) is 6.07 Å². The highest BCUT2D eigenvalue weighted by molar-refractivity contribution is 5.85. The lowest BCUT2D eigenvalue weighted by Crippen LogP contribution is -2.49. The maximum absolute atomic E-state index is 13.2. The average molecular weight is 380 g/mol. The number of nitrogens with zero attached hydrogens (tertiary/aromatic N) is 4. The summed E-state index contributed by atoms with van der Waals surface area (Å²) in [7, 11) is 1.76. The quantitative estimate of drug-likeness (QED) is 0.706. The Kier molecular flexibility index (Phi) is 4.72. The number of hydrogen-bond acceptors (Lipinski definition) is 5. The van der Waals surface area contributed by atoms with Crippen molar-refractivity contribution in [1.82, 2.24) is 30.0 Å². The Morgan fingerprint density at radius 1 is 1.36 bits per heavy atom. The highest BCUT2D eigenvalue weighted by Gasteiger charge is 2.29. The van der Waals surface area contributed by atoms with Crippen molar-refractivity contribution in [3.8, 4) is 0 Å². The van der Waals surface area contributed by atoms with Crippen molar-refractivity contribution in [2.24, 2.45) is 7.05 Å². The molecule has 4 rings (SSSR count). The molecule has 1 aliphatic heterocycles. The zero-order chi connectivity index (χ0) is 19.8. The summed E-state index contributed by atoms with van der Waals surface area (Å²) in [5.74, 6) is 0.0371. The van der Waals surface area contributed by atoms with Crippen LogP contribution in [0.3, 0.4) is 0 Å². The molecule has 8 nitrogen and oxygen atoms in total. The van der Waals surface area contributed by atoms with Gasteiger partial charge < -0.3 is 10.2 Å². The Hall–Kier alpha value is -3.00. The van der Waals surface area contributed by atoms with Crippen molar-refractivity contribution in [3.05, 3.63) is 57.3 Å². The SMILES string of the molecule is Cc1nc2c(c(C)c1CC(=O)N1CCNCC1c1cccnc1)c(=O)[nH]n2C. The first kappa shape index (κ1) is 18.4. The fraction of sp³-hybridized carbons (Fsp3) is 0.400. The van der Waals surface area contributed by atoms with Gasteiger partial charge in [0.1, 0.15) is 0 Å². The van der Waals surface area contributed by atoms with E-state index in [-0.39, 0.29) is 23.9 Å². The molecule has 1 amide bonds. The van der Waals surface area contributed by atoms with E-state index in [2.05, 4.69) is 20.4 Å². The molecule has 4 heterocycles. The number of pyridine rings is 2. The largest absolute Gasteiger partial charge is 0.333 e. The summed E-state index contributed by atoms with van der Waals surface area (Å²) in [6.45, 7) is 5.88. The van der Waals surface area contributed by atoms with Gasteiger partial charge in [0.2, 0.25) is 5.91 Å². The predicted octanol–water partition coefficient (Wildman–Crippen LogP) is 0.989. The summed E-state index contributed by atoms with van der Waals surface area (Å²) in [6.07, 6.45) is 3.77. The summed E-state index contributed by atoms with van der Waals surface area (Å²) < 4.78 is 1.62. The third-order valence-corrected chi connectivity index (χ3v) is 5.54. The number of aromatic nitrogens is 4. The van der Waals surface area contributed by atoms with Gasteiger partial charge in [0, 0.05) is 44.8 Å². The second-order valence-electron chi connectivity index (χ2n) is 7.27. The van der Waals surface area contributed by atoms with Crippen LogP contribution in [-0.2, 0) is 18.3 Å². The topological polar surface area (TPSA) is 95.9 Å². The molecule has 1 saturated heterocycles. The van der Waals surface area contributed by atoms with Crippen LogP contribution in [0.1, 0.15) is 28.4 Å². The molecule has 0 saturated carbocycles. The maximum Gasteiger partial charge on any atom is 0.273 e. The Morgan fingerprint density at radius 2 is 2.18 bits per heavy atom. The van der Waals surface area contributed by atoms with Crippen LogP contribution in [0.25, 0.3) is 11.0 Å². The molecule has 3 aromatic rings. The van der Waals surface area contributed by atoms with Gasteiger partial charge in [0.05, 0.1) is 17.8 Å². The first-order chi connectivity index (χ1) is 13.5. The summed E-state index contributed by atoms with van der Waals surface area (Å²) in [5.41, 5.74) is 3.90. The second kappa shape index (κ2) is 7.20. The first-order valence-electron chi connectivity index (χ1n) is 9.42. The molecule has 0 spiro atoms. The minimum Gasteiger partial charge on any atom is -0.333 e. The minimum atomic E-state index is -0.174. The molecule has 3 aromatic heterocycles. The first-order valence-corrected chi connectivity index (χ1v) is 9.42. The van der Waals surface area contributed by atoms with E-state index < -0.39 is 0 Å². The van der Waals surface area contributed by atoms with Crippen molar-refractivity contribution < 1.29 is 4.79 Å². The minimum absolute atomic E-state index is 0.0371. The van der Waals surface area contributed by atoms with Gasteiger partial charge >= 0.3 is 0 Å². The summed E-state index contributed by atoms with van der Waals surface area (Å²) >= 11 is 0. The van der Waals surface area contributed by atoms with Crippen molar-refractivity contribution in [2.45, 2.75) is 26.3 Å². The van der Waals surface area contributed by atoms with Crippen LogP contribution in [0.4, 0.5) is 0 Å². The van der Waals surface area contributed by atoms with Crippen LogP contribution in [-0.4, -0.2) is 50.2 Å². The Bertz CT molecular complexity index is 1090. The summed E-state index contributed by atoms with van der Waals surface area (Å²) in [5, 5.41) is 6.66. The highest BCUT2D eigenvalue weighted by Crippen LogP contribution is 2.25. The van der Waals surface area contributed by atoms with Crippen LogP contribution in [0.5, 0.6) is 0 Å². The van der Waals surface area contributed by atoms with Crippen LogP contribution in [0.15, 0.2) is 29.3 Å². The summed E-state index contributed by atoms with van der Waals surface area (Å²) in [6, 6.07) is 3.84. The van der Waals surface area contributed by atoms with Crippen molar-refractivity contribution in [2.75, 3.05) is 19.6 Å². The van der Waals surface area contributed by atoms with Gasteiger partial charge in [0.15, 0.2) is 5.65 Å². The molecule has 0 bridgehead atoms. The Morgan fingerprint density at radius 3 is 2.93 bits per heavy atom. The molecule has 0 aliphatic carbocycles. The van der Waals surface area contributed by atoms with Crippen molar-refractivity contribution in [3.63, 3.8) is 0 Å². The van der Waals surface area contributed by atoms with E-state index in [9.17, 15) is 9.59 Å². The molecule has 1 unspecified atom stereocenters. The van der Waals surface area contributed by atoms with Gasteiger partial charge in [0.25, 0.3) is 5.56 Å². The predicted molar refractivity (Wildman–Crippen MR) is 106 cm³/mol. The van der Waals surface area contributed by atoms with E-state index in [0.717, 1.165) is 28.9 Å². The number of aromatic amines is 1. The average Bonchev–Trinajstić information content (AvgIpc) is 2.99. The van der Waals surface area contributed by atoms with E-state index in [1.54, 1.807) is 17.9 Å². The van der Waals surface area contributed by atoms with Crippen molar-refractivity contribution >= 4 is 16.9 Å². The number of aryl methyl sites for hydroxylation is 3. The second-order valence-corrected chi connectivity index (χ2v) is 7.27. The molecule has 0 aromatic carbocycles. The zero-order valence-corrected chi connectivity index (χ0v) is 16.3. The Balaban J connectivity index is 1.68. The number of piperazine rings is 1. The lowest BCUT2D eigenvalue weighted by molar-refractivity contribution is -0.133. The Labute approximate surface area is 162 Å². The molecule has 0 radical (unpaired) electrons. The fourth-order valence-electron chi connectivity index (χ4n) is 4.03. The van der Waals surface area contributed by atoms with Crippen LogP contribution < -0.4 is 10.9 Å². The van der Waals surface area contributed by atoms with Gasteiger partial charge in [-0.15, -0.1) is 0 Å². The molecule has 28 heavy (non-hydrogen) atoms. The number of carbonyl (C=O) groups excluding carboxylic acids is 1. The molecule has 1 atom stereocenters. The number of nitrogens with one attached hydrogen (secondary N) is 2. The lowest BCUT2D eigenvalue weighted by atomic mass is 9.99. The van der Waals surface area contributed by atoms with E-state index >= 15 is 0 Å². The zero-order valence-electron chi connectivity index (χ0n) is 16.3. The van der Waals surface area contributed by atoms with Gasteiger partial charge in [-0.25, -0.2) is 4.98 Å². The highest BCUT2D eigenvalue weighted by atomic mass is 16.2. The number of fused-ring (bicyclic) bond motifs is 1. The molecule has 1 fully saturated rings. The summed E-state index contributed by atoms with van der Waals surface area (Å²) in [4.78, 5) is 36.2. The third kappa shape index (κ3) is 3.09. The van der Waals surface area contributed by atoms with Gasteiger partial charge in [-0.2, -0.15) is 0 Å². The fourth-order valence-corrected chi connectivity index (χ4v) is 4.03. The number of H-pyrrole nitrogens is 1. The number of amides is 1. The standard InChI is InChI=1S/C20H24N6O2/c1-12-15(13(2)23-19-18(12)20(28)24-25(19)3)9-17(27)26-8-7-22-11-16(26)14-5-4-6-21-10-14/h4-6,10,16,22H,7-9,11H2,1-3H3,(H,24,28). The maximum atomic E-state index is 13.2. The van der Waals surface area contributed by atoms with E-state index in [4.69, 9.17) is 0 Å². The van der Waals surface area contributed by atoms with E-state index in [0.29, 0.717) is 24.1 Å². The van der Waals surface area contributed by atoms with Gasteiger partial charge in [-0.05, 0) is 36.6 Å². The normalized spacial score (nSPS) is 17.2. The van der Waals surface area contributed by atoms with Crippen LogP contribution in [0.2, 0.25) is 0 Å². The number of rotatable bonds is 3.